The van der Waals surface area contributed by atoms with Crippen LogP contribution in [0.1, 0.15) is 25.8 Å². The number of carbonyl (C=O) groups excluding carboxylic acids is 1. The molecule has 0 saturated carbocycles. The summed E-state index contributed by atoms with van der Waals surface area (Å²) in [6.07, 6.45) is 1.41. The molecule has 1 atom stereocenters. The van der Waals surface area contributed by atoms with Gasteiger partial charge in [-0.3, -0.25) is 9.59 Å². The molecule has 1 saturated heterocycles. The van der Waals surface area contributed by atoms with Crippen LogP contribution in [0.4, 0.5) is 4.39 Å². The lowest BCUT2D eigenvalue weighted by Crippen LogP contribution is -2.59. The molecule has 1 aliphatic rings. The standard InChI is InChI=1S/C16H21FN2O5S/c1-3-4-12-5-6-15(13(17)9-12)25(23,24)19-8-7-18(11(2)20)10-14(19)16(21)22/h5-6,9,14H,3-4,7-8,10H2,1-2H3,(H,21,22)/t14-/m1/s1. The van der Waals surface area contributed by atoms with E-state index in [9.17, 15) is 27.5 Å². The van der Waals surface area contributed by atoms with Crippen LogP contribution in [0, 0.1) is 5.82 Å². The van der Waals surface area contributed by atoms with Crippen LogP contribution in [0.2, 0.25) is 0 Å². The third-order valence-electron chi connectivity index (χ3n) is 4.18. The highest BCUT2D eigenvalue weighted by atomic mass is 32.2. The Bertz CT molecular complexity index is 781. The lowest BCUT2D eigenvalue weighted by Gasteiger charge is -2.38. The molecule has 1 aliphatic heterocycles. The zero-order chi connectivity index (χ0) is 18.8. The first-order valence-electron chi connectivity index (χ1n) is 7.97. The predicted octanol–water partition coefficient (Wildman–Crippen LogP) is 1.08. The molecule has 9 heteroatoms. The van der Waals surface area contributed by atoms with Gasteiger partial charge in [0.15, 0.2) is 0 Å². The second-order valence-corrected chi connectivity index (χ2v) is 7.81. The second-order valence-electron chi connectivity index (χ2n) is 5.95. The van der Waals surface area contributed by atoms with Crippen LogP contribution in [0.3, 0.4) is 0 Å². The van der Waals surface area contributed by atoms with Crippen molar-refractivity contribution in [1.29, 1.82) is 0 Å². The quantitative estimate of drug-likeness (QED) is 0.835. The lowest BCUT2D eigenvalue weighted by atomic mass is 10.1. The molecule has 0 bridgehead atoms. The molecule has 0 unspecified atom stereocenters. The summed E-state index contributed by atoms with van der Waals surface area (Å²) in [5.41, 5.74) is 0.676. The minimum absolute atomic E-state index is 0.0634. The minimum atomic E-state index is -4.33. The van der Waals surface area contributed by atoms with Crippen molar-refractivity contribution in [3.05, 3.63) is 29.6 Å². The number of carbonyl (C=O) groups is 2. The van der Waals surface area contributed by atoms with Gasteiger partial charge in [-0.1, -0.05) is 19.4 Å². The number of aliphatic carboxylic acids is 1. The van der Waals surface area contributed by atoms with E-state index in [0.717, 1.165) is 16.8 Å². The normalized spacial score (nSPS) is 19.0. The first-order valence-corrected chi connectivity index (χ1v) is 9.41. The lowest BCUT2D eigenvalue weighted by molar-refractivity contribution is -0.145. The molecule has 0 spiro atoms. The number of amides is 1. The van der Waals surface area contributed by atoms with E-state index in [0.29, 0.717) is 12.0 Å². The van der Waals surface area contributed by atoms with Crippen LogP contribution in [0.5, 0.6) is 0 Å². The summed E-state index contributed by atoms with van der Waals surface area (Å²) < 4.78 is 40.7. The van der Waals surface area contributed by atoms with Crippen LogP contribution >= 0.6 is 0 Å². The van der Waals surface area contributed by atoms with Gasteiger partial charge in [-0.05, 0) is 24.1 Å². The molecule has 0 aromatic heterocycles. The molecule has 1 N–H and O–H groups in total. The molecule has 25 heavy (non-hydrogen) atoms. The van der Waals surface area contributed by atoms with Crippen molar-refractivity contribution in [1.82, 2.24) is 9.21 Å². The van der Waals surface area contributed by atoms with Crippen molar-refractivity contribution in [2.75, 3.05) is 19.6 Å². The monoisotopic (exact) mass is 372 g/mol. The molecule has 1 aromatic rings. The van der Waals surface area contributed by atoms with Gasteiger partial charge < -0.3 is 10.0 Å². The summed E-state index contributed by atoms with van der Waals surface area (Å²) in [4.78, 5) is 23.7. The molecule has 1 fully saturated rings. The highest BCUT2D eigenvalue weighted by Crippen LogP contribution is 2.25. The molecule has 1 aromatic carbocycles. The summed E-state index contributed by atoms with van der Waals surface area (Å²) in [6, 6.07) is 2.42. The Morgan fingerprint density at radius 2 is 2.00 bits per heavy atom. The summed E-state index contributed by atoms with van der Waals surface area (Å²) in [5, 5.41) is 9.36. The van der Waals surface area contributed by atoms with Gasteiger partial charge in [0, 0.05) is 26.6 Å². The predicted molar refractivity (Wildman–Crippen MR) is 88.0 cm³/mol. The summed E-state index contributed by atoms with van der Waals surface area (Å²) in [6.45, 7) is 2.81. The summed E-state index contributed by atoms with van der Waals surface area (Å²) in [7, 11) is -4.33. The minimum Gasteiger partial charge on any atom is -0.480 e. The van der Waals surface area contributed by atoms with Gasteiger partial charge in [0.2, 0.25) is 15.9 Å². The fraction of sp³-hybridized carbons (Fsp3) is 0.500. The molecular formula is C16H21FN2O5S. The third-order valence-corrected chi connectivity index (χ3v) is 6.12. The first-order chi connectivity index (χ1) is 11.7. The Morgan fingerprint density at radius 1 is 1.32 bits per heavy atom. The van der Waals surface area contributed by atoms with E-state index >= 15 is 0 Å². The SMILES string of the molecule is CCCc1ccc(S(=O)(=O)N2CCN(C(C)=O)C[C@@H]2C(=O)O)c(F)c1. The maximum absolute atomic E-state index is 14.3. The van der Waals surface area contributed by atoms with E-state index in [1.165, 1.54) is 24.0 Å². The van der Waals surface area contributed by atoms with Gasteiger partial charge in [-0.15, -0.1) is 0 Å². The van der Waals surface area contributed by atoms with E-state index in [2.05, 4.69) is 0 Å². The van der Waals surface area contributed by atoms with E-state index in [1.807, 2.05) is 6.92 Å². The Morgan fingerprint density at radius 3 is 2.52 bits per heavy atom. The Hall–Kier alpha value is -2.00. The Labute approximate surface area is 146 Å². The number of halogens is 1. The number of piperazine rings is 1. The van der Waals surface area contributed by atoms with Crippen LogP contribution in [-0.2, 0) is 26.0 Å². The smallest absolute Gasteiger partial charge is 0.323 e. The number of carboxylic acids is 1. The van der Waals surface area contributed by atoms with E-state index in [1.54, 1.807) is 0 Å². The number of carboxylic acid groups (broad SMARTS) is 1. The van der Waals surface area contributed by atoms with Crippen molar-refractivity contribution < 1.29 is 27.5 Å². The highest BCUT2D eigenvalue weighted by Gasteiger charge is 2.41. The molecule has 138 valence electrons. The van der Waals surface area contributed by atoms with E-state index in [-0.39, 0.29) is 25.5 Å². The molecule has 1 heterocycles. The molecule has 1 amide bonds. The Balaban J connectivity index is 2.37. The number of sulfonamides is 1. The van der Waals surface area contributed by atoms with Crippen molar-refractivity contribution in [2.24, 2.45) is 0 Å². The van der Waals surface area contributed by atoms with Crippen LogP contribution in [0.25, 0.3) is 0 Å². The number of benzene rings is 1. The second kappa shape index (κ2) is 7.49. The largest absolute Gasteiger partial charge is 0.480 e. The maximum atomic E-state index is 14.3. The highest BCUT2D eigenvalue weighted by molar-refractivity contribution is 7.89. The van der Waals surface area contributed by atoms with Crippen molar-refractivity contribution >= 4 is 21.9 Å². The Kier molecular flexibility index (Phi) is 5.79. The van der Waals surface area contributed by atoms with Gasteiger partial charge in [-0.2, -0.15) is 4.31 Å². The summed E-state index contributed by atoms with van der Waals surface area (Å²) in [5.74, 6) is -2.61. The van der Waals surface area contributed by atoms with Crippen molar-refractivity contribution in [3.8, 4) is 0 Å². The average Bonchev–Trinajstić information content (AvgIpc) is 2.54. The first kappa shape index (κ1) is 19.3. The molecule has 7 nitrogen and oxygen atoms in total. The van der Waals surface area contributed by atoms with Crippen LogP contribution in [0.15, 0.2) is 23.1 Å². The number of hydrogen-bond acceptors (Lipinski definition) is 4. The van der Waals surface area contributed by atoms with E-state index < -0.39 is 32.7 Å². The van der Waals surface area contributed by atoms with Gasteiger partial charge in [0.05, 0.1) is 0 Å². The fourth-order valence-electron chi connectivity index (χ4n) is 2.87. The molecular weight excluding hydrogens is 351 g/mol. The van der Waals surface area contributed by atoms with E-state index in [4.69, 9.17) is 0 Å². The number of aryl methyl sites for hydroxylation is 1. The maximum Gasteiger partial charge on any atom is 0.323 e. The zero-order valence-electron chi connectivity index (χ0n) is 14.1. The average molecular weight is 372 g/mol. The topological polar surface area (TPSA) is 95.0 Å². The zero-order valence-corrected chi connectivity index (χ0v) is 14.9. The number of nitrogens with zero attached hydrogens (tertiary/aromatic N) is 2. The van der Waals surface area contributed by atoms with Gasteiger partial charge in [-0.25, -0.2) is 12.8 Å². The van der Waals surface area contributed by atoms with Crippen LogP contribution in [-0.4, -0.2) is 60.3 Å². The van der Waals surface area contributed by atoms with Gasteiger partial charge in [0.1, 0.15) is 16.8 Å². The molecule has 0 aliphatic carbocycles. The summed E-state index contributed by atoms with van der Waals surface area (Å²) >= 11 is 0. The fourth-order valence-corrected chi connectivity index (χ4v) is 4.48. The number of hydrogen-bond donors (Lipinski definition) is 1. The van der Waals surface area contributed by atoms with Gasteiger partial charge in [0.25, 0.3) is 0 Å². The third kappa shape index (κ3) is 3.98. The molecule has 0 radical (unpaired) electrons. The molecule has 2 rings (SSSR count). The van der Waals surface area contributed by atoms with Crippen molar-refractivity contribution in [2.45, 2.75) is 37.6 Å². The number of rotatable bonds is 5. The van der Waals surface area contributed by atoms with Crippen LogP contribution < -0.4 is 0 Å². The van der Waals surface area contributed by atoms with Gasteiger partial charge >= 0.3 is 5.97 Å². The van der Waals surface area contributed by atoms with Crippen molar-refractivity contribution in [3.63, 3.8) is 0 Å².